The number of carbonyl (C=O) groups is 1. The first-order chi connectivity index (χ1) is 16.8. The number of hydrogen-bond acceptors (Lipinski definition) is 4. The van der Waals surface area contributed by atoms with E-state index < -0.39 is 29.6 Å². The summed E-state index contributed by atoms with van der Waals surface area (Å²) in [5.41, 5.74) is 1.90. The van der Waals surface area contributed by atoms with Gasteiger partial charge in [0.15, 0.2) is 5.78 Å². The van der Waals surface area contributed by atoms with Crippen molar-refractivity contribution in [2.45, 2.75) is 58.1 Å². The lowest BCUT2D eigenvalue weighted by Crippen LogP contribution is -2.36. The van der Waals surface area contributed by atoms with Gasteiger partial charge in [-0.1, -0.05) is 38.1 Å². The van der Waals surface area contributed by atoms with E-state index >= 15 is 0 Å². The van der Waals surface area contributed by atoms with Gasteiger partial charge in [0.2, 0.25) is 0 Å². The van der Waals surface area contributed by atoms with Gasteiger partial charge in [0, 0.05) is 5.56 Å². The van der Waals surface area contributed by atoms with Crippen molar-refractivity contribution in [2.75, 3.05) is 0 Å². The number of fused-ring (bicyclic) bond motifs is 1. The van der Waals surface area contributed by atoms with Gasteiger partial charge in [-0.3, -0.25) is 4.79 Å². The lowest BCUT2D eigenvalue weighted by atomic mass is 9.79. The maximum Gasteiger partial charge on any atom is 0.573 e. The highest BCUT2D eigenvalue weighted by Gasteiger charge is 2.38. The number of aliphatic hydroxyl groups is 1. The largest absolute Gasteiger partial charge is 0.573 e. The van der Waals surface area contributed by atoms with Crippen LogP contribution in [0, 0.1) is 5.82 Å². The van der Waals surface area contributed by atoms with Crippen LogP contribution < -0.4 is 9.47 Å². The van der Waals surface area contributed by atoms with Gasteiger partial charge in [0.25, 0.3) is 0 Å². The molecule has 4 rings (SSSR count). The van der Waals surface area contributed by atoms with Crippen molar-refractivity contribution in [3.63, 3.8) is 0 Å². The summed E-state index contributed by atoms with van der Waals surface area (Å²) in [6, 6.07) is 12.2. The Labute approximate surface area is 206 Å². The Kier molecular flexibility index (Phi) is 6.60. The molecule has 0 aliphatic carbocycles. The second-order valence-electron chi connectivity index (χ2n) is 9.77. The van der Waals surface area contributed by atoms with E-state index in [0.717, 1.165) is 12.1 Å². The molecule has 4 nitrogen and oxygen atoms in total. The van der Waals surface area contributed by atoms with Crippen molar-refractivity contribution in [2.24, 2.45) is 0 Å². The molecule has 0 amide bonds. The monoisotopic (exact) mass is 502 g/mol. The van der Waals surface area contributed by atoms with E-state index in [4.69, 9.17) is 4.74 Å². The van der Waals surface area contributed by atoms with Crippen molar-refractivity contribution >= 4 is 5.78 Å². The second-order valence-corrected chi connectivity index (χ2v) is 9.77. The van der Waals surface area contributed by atoms with Crippen LogP contribution in [-0.4, -0.2) is 22.9 Å². The average Bonchev–Trinajstić information content (AvgIpc) is 2.76. The van der Waals surface area contributed by atoms with E-state index in [1.54, 1.807) is 6.07 Å². The molecular formula is C28H26F4O4. The topological polar surface area (TPSA) is 55.8 Å². The fraction of sp³-hybridized carbons (Fsp3) is 0.321. The van der Waals surface area contributed by atoms with E-state index in [2.05, 4.69) is 4.74 Å². The Morgan fingerprint density at radius 3 is 2.17 bits per heavy atom. The summed E-state index contributed by atoms with van der Waals surface area (Å²) in [7, 11) is 0. The zero-order chi connectivity index (χ0) is 26.4. The molecular weight excluding hydrogens is 476 g/mol. The molecule has 1 aliphatic rings. The van der Waals surface area contributed by atoms with Gasteiger partial charge < -0.3 is 14.6 Å². The molecule has 0 aromatic heterocycles. The number of halogens is 4. The predicted molar refractivity (Wildman–Crippen MR) is 127 cm³/mol. The lowest BCUT2D eigenvalue weighted by Gasteiger charge is -2.35. The van der Waals surface area contributed by atoms with Crippen LogP contribution >= 0.6 is 0 Å². The highest BCUT2D eigenvalue weighted by atomic mass is 19.4. The molecule has 8 heteroatoms. The SMILES string of the molecule is CC(C)c1cc2c(c(-c3ccc(F)cc3)c1C(O)c1ccc(OC(F)(F)F)cc1)C(=O)CC(C)(C)O2. The molecule has 1 atom stereocenters. The Morgan fingerprint density at radius 1 is 1.00 bits per heavy atom. The molecule has 0 fully saturated rings. The molecule has 1 aliphatic heterocycles. The van der Waals surface area contributed by atoms with Gasteiger partial charge in [0.1, 0.15) is 29.0 Å². The minimum atomic E-state index is -4.84. The van der Waals surface area contributed by atoms with Crippen molar-refractivity contribution in [3.05, 3.63) is 82.7 Å². The predicted octanol–water partition coefficient (Wildman–Crippen LogP) is 7.34. The lowest BCUT2D eigenvalue weighted by molar-refractivity contribution is -0.274. The van der Waals surface area contributed by atoms with Gasteiger partial charge in [-0.25, -0.2) is 4.39 Å². The number of alkyl halides is 3. The highest BCUT2D eigenvalue weighted by molar-refractivity contribution is 6.07. The maximum atomic E-state index is 13.8. The van der Waals surface area contributed by atoms with Gasteiger partial charge in [-0.15, -0.1) is 13.2 Å². The summed E-state index contributed by atoms with van der Waals surface area (Å²) in [5.74, 6) is -0.797. The third-order valence-electron chi connectivity index (χ3n) is 6.07. The van der Waals surface area contributed by atoms with E-state index in [-0.39, 0.29) is 23.7 Å². The Bertz CT molecular complexity index is 1280. The number of ether oxygens (including phenoxy) is 2. The van der Waals surface area contributed by atoms with E-state index in [9.17, 15) is 27.5 Å². The summed E-state index contributed by atoms with van der Waals surface area (Å²) in [6.07, 6.45) is -6.03. The fourth-order valence-corrected chi connectivity index (χ4v) is 4.57. The van der Waals surface area contributed by atoms with Gasteiger partial charge in [-0.05, 0) is 72.4 Å². The first-order valence-electron chi connectivity index (χ1n) is 11.5. The molecule has 3 aromatic rings. The van der Waals surface area contributed by atoms with Gasteiger partial charge in [0.05, 0.1) is 12.0 Å². The van der Waals surface area contributed by atoms with Crippen molar-refractivity contribution in [3.8, 4) is 22.6 Å². The summed E-state index contributed by atoms with van der Waals surface area (Å²) in [6.45, 7) is 7.46. The van der Waals surface area contributed by atoms with E-state index in [1.807, 2.05) is 27.7 Å². The number of hydrogen-bond donors (Lipinski definition) is 1. The molecule has 0 saturated carbocycles. The number of carbonyl (C=O) groups excluding carboxylic acids is 1. The molecule has 0 spiro atoms. The third kappa shape index (κ3) is 5.23. The number of ketones is 1. The molecule has 0 saturated heterocycles. The molecule has 0 radical (unpaired) electrons. The van der Waals surface area contributed by atoms with E-state index in [0.29, 0.717) is 33.6 Å². The number of benzene rings is 3. The van der Waals surface area contributed by atoms with Crippen molar-refractivity contribution < 1.29 is 36.9 Å². The minimum Gasteiger partial charge on any atom is -0.487 e. The normalized spacial score (nSPS) is 15.9. The van der Waals surface area contributed by atoms with Crippen LogP contribution in [0.2, 0.25) is 0 Å². The average molecular weight is 503 g/mol. The zero-order valence-electron chi connectivity index (χ0n) is 20.2. The first kappa shape index (κ1) is 25.7. The standard InChI is InChI=1S/C28H26F4O4/c1-15(2)20-13-22-25(21(33)14-27(3,4)36-22)23(16-5-9-18(29)10-6-16)24(20)26(34)17-7-11-19(12-8-17)35-28(30,31)32/h5-13,15,26,34H,14H2,1-4H3. The summed E-state index contributed by atoms with van der Waals surface area (Å²) >= 11 is 0. The van der Waals surface area contributed by atoms with Crippen LogP contribution in [0.15, 0.2) is 54.6 Å². The molecule has 190 valence electrons. The van der Waals surface area contributed by atoms with Crippen molar-refractivity contribution in [1.82, 2.24) is 0 Å². The minimum absolute atomic E-state index is 0.105. The van der Waals surface area contributed by atoms with Gasteiger partial charge in [-0.2, -0.15) is 0 Å². The van der Waals surface area contributed by atoms with Crippen LogP contribution in [-0.2, 0) is 0 Å². The van der Waals surface area contributed by atoms with Crippen LogP contribution in [0.4, 0.5) is 17.6 Å². The highest BCUT2D eigenvalue weighted by Crippen LogP contribution is 2.47. The molecule has 36 heavy (non-hydrogen) atoms. The zero-order valence-corrected chi connectivity index (χ0v) is 20.2. The van der Waals surface area contributed by atoms with Crippen LogP contribution in [0.5, 0.6) is 11.5 Å². The Balaban J connectivity index is 1.95. The number of Topliss-reactive ketones (excluding diaryl/α,β-unsaturated/α-hetero) is 1. The Morgan fingerprint density at radius 2 is 1.61 bits per heavy atom. The van der Waals surface area contributed by atoms with Crippen LogP contribution in [0.25, 0.3) is 11.1 Å². The smallest absolute Gasteiger partial charge is 0.487 e. The molecule has 1 N–H and O–H groups in total. The summed E-state index contributed by atoms with van der Waals surface area (Å²) < 4.78 is 61.6. The molecule has 1 unspecified atom stereocenters. The van der Waals surface area contributed by atoms with E-state index in [1.165, 1.54) is 36.4 Å². The Hall–Kier alpha value is -3.39. The first-order valence-corrected chi connectivity index (χ1v) is 11.5. The maximum absolute atomic E-state index is 13.8. The fourth-order valence-electron chi connectivity index (χ4n) is 4.57. The summed E-state index contributed by atoms with van der Waals surface area (Å²) in [4.78, 5) is 13.4. The van der Waals surface area contributed by atoms with Crippen LogP contribution in [0.1, 0.15) is 73.2 Å². The van der Waals surface area contributed by atoms with Crippen molar-refractivity contribution in [1.29, 1.82) is 0 Å². The quantitative estimate of drug-likeness (QED) is 0.371. The second kappa shape index (κ2) is 9.24. The van der Waals surface area contributed by atoms with Crippen LogP contribution in [0.3, 0.4) is 0 Å². The molecule has 1 heterocycles. The summed E-state index contributed by atoms with van der Waals surface area (Å²) in [5, 5.41) is 11.5. The number of aliphatic hydroxyl groups excluding tert-OH is 1. The molecule has 3 aromatic carbocycles. The third-order valence-corrected chi connectivity index (χ3v) is 6.07. The van der Waals surface area contributed by atoms with Gasteiger partial charge >= 0.3 is 6.36 Å². The molecule has 0 bridgehead atoms. The number of rotatable bonds is 5.